The zero-order valence-corrected chi connectivity index (χ0v) is 13.5. The number of rotatable bonds is 5. The highest BCUT2D eigenvalue weighted by Crippen LogP contribution is 2.29. The molecule has 0 unspecified atom stereocenters. The number of aryl methyl sites for hydroxylation is 1. The highest BCUT2D eigenvalue weighted by molar-refractivity contribution is 7.16. The largest absolute Gasteiger partial charge is 0.496 e. The Hall–Kier alpha value is -2.34. The van der Waals surface area contributed by atoms with Crippen molar-refractivity contribution in [2.24, 2.45) is 0 Å². The second kappa shape index (κ2) is 7.09. The summed E-state index contributed by atoms with van der Waals surface area (Å²) in [5.74, 6) is -0.294. The quantitative estimate of drug-likeness (QED) is 0.857. The fourth-order valence-corrected chi connectivity index (χ4v) is 2.86. The summed E-state index contributed by atoms with van der Waals surface area (Å²) >= 11 is 1.33. The first-order chi connectivity index (χ1) is 10.6. The second-order valence-electron chi connectivity index (χ2n) is 4.47. The summed E-state index contributed by atoms with van der Waals surface area (Å²) in [6.45, 7) is 3.89. The fraction of sp³-hybridized carbons (Fsp3) is 0.250. The van der Waals surface area contributed by atoms with Crippen molar-refractivity contribution in [3.63, 3.8) is 0 Å². The molecule has 1 amide bonds. The van der Waals surface area contributed by atoms with E-state index >= 15 is 0 Å². The Kier molecular flexibility index (Phi) is 5.16. The van der Waals surface area contributed by atoms with Crippen LogP contribution in [-0.4, -0.2) is 25.6 Å². The normalized spacial score (nSPS) is 10.1. The Morgan fingerprint density at radius 2 is 1.95 bits per heavy atom. The molecule has 1 aromatic carbocycles. The summed E-state index contributed by atoms with van der Waals surface area (Å²) in [5, 5.41) is 3.24. The summed E-state index contributed by atoms with van der Waals surface area (Å²) in [7, 11) is 1.51. The van der Waals surface area contributed by atoms with Gasteiger partial charge in [0.15, 0.2) is 0 Å². The molecule has 0 aliphatic heterocycles. The molecule has 1 heterocycles. The van der Waals surface area contributed by atoms with Crippen LogP contribution in [-0.2, 0) is 4.74 Å². The Labute approximate surface area is 132 Å². The number of thiophene rings is 1. The van der Waals surface area contributed by atoms with E-state index in [1.807, 2.05) is 6.92 Å². The number of esters is 1. The lowest BCUT2D eigenvalue weighted by molar-refractivity contribution is 0.0528. The fourth-order valence-electron chi connectivity index (χ4n) is 1.97. The number of carbonyl (C=O) groups is 2. The zero-order valence-electron chi connectivity index (χ0n) is 12.6. The molecule has 22 heavy (non-hydrogen) atoms. The smallest absolute Gasteiger partial charge is 0.341 e. The molecule has 0 aliphatic carbocycles. The highest BCUT2D eigenvalue weighted by atomic mass is 32.1. The molecule has 1 aromatic heterocycles. The van der Waals surface area contributed by atoms with Crippen LogP contribution >= 0.6 is 11.3 Å². The van der Waals surface area contributed by atoms with Crippen molar-refractivity contribution < 1.29 is 19.1 Å². The molecule has 1 N–H and O–H groups in total. The van der Waals surface area contributed by atoms with Gasteiger partial charge in [0.2, 0.25) is 0 Å². The topological polar surface area (TPSA) is 64.6 Å². The predicted octanol–water partition coefficient (Wildman–Crippen LogP) is 3.49. The number of anilines is 1. The molecule has 116 valence electrons. The predicted molar refractivity (Wildman–Crippen MR) is 86.0 cm³/mol. The number of methoxy groups -OCH3 is 1. The number of hydrogen-bond donors (Lipinski definition) is 1. The first-order valence-corrected chi connectivity index (χ1v) is 7.60. The Bertz CT molecular complexity index is 693. The first-order valence-electron chi connectivity index (χ1n) is 6.78. The van der Waals surface area contributed by atoms with Crippen LogP contribution in [0, 0.1) is 6.92 Å². The lowest BCUT2D eigenvalue weighted by Gasteiger charge is -2.09. The Morgan fingerprint density at radius 3 is 2.64 bits per heavy atom. The molecular weight excluding hydrogens is 302 g/mol. The molecule has 2 aromatic rings. The molecular formula is C16H17NO4S. The second-order valence-corrected chi connectivity index (χ2v) is 5.73. The van der Waals surface area contributed by atoms with Gasteiger partial charge < -0.3 is 14.8 Å². The third kappa shape index (κ3) is 3.46. The average molecular weight is 319 g/mol. The average Bonchev–Trinajstić information content (AvgIpc) is 2.88. The van der Waals surface area contributed by atoms with Crippen molar-refractivity contribution in [3.05, 3.63) is 46.3 Å². The van der Waals surface area contributed by atoms with E-state index in [0.29, 0.717) is 21.9 Å². The minimum absolute atomic E-state index is 0.285. The molecule has 0 radical (unpaired) electrons. The van der Waals surface area contributed by atoms with Crippen molar-refractivity contribution in [2.75, 3.05) is 19.0 Å². The Morgan fingerprint density at radius 1 is 1.23 bits per heavy atom. The lowest BCUT2D eigenvalue weighted by atomic mass is 10.2. The molecule has 0 aliphatic rings. The van der Waals surface area contributed by atoms with Crippen molar-refractivity contribution in [1.82, 2.24) is 0 Å². The van der Waals surface area contributed by atoms with Crippen LogP contribution in [0.1, 0.15) is 32.5 Å². The van der Waals surface area contributed by atoms with Crippen LogP contribution in [0.25, 0.3) is 0 Å². The summed E-state index contributed by atoms with van der Waals surface area (Å²) in [6, 6.07) is 8.62. The van der Waals surface area contributed by atoms with Gasteiger partial charge >= 0.3 is 5.97 Å². The number of carbonyl (C=O) groups excluding carboxylic acids is 2. The number of amides is 1. The van der Waals surface area contributed by atoms with Gasteiger partial charge in [-0.1, -0.05) is 12.1 Å². The van der Waals surface area contributed by atoms with E-state index in [1.54, 1.807) is 37.3 Å². The maximum absolute atomic E-state index is 12.4. The van der Waals surface area contributed by atoms with Crippen LogP contribution in [0.5, 0.6) is 5.75 Å². The van der Waals surface area contributed by atoms with Crippen molar-refractivity contribution in [3.8, 4) is 5.75 Å². The van der Waals surface area contributed by atoms with Crippen molar-refractivity contribution in [2.45, 2.75) is 13.8 Å². The number of para-hydroxylation sites is 1. The maximum Gasteiger partial charge on any atom is 0.341 e. The standard InChI is InChI=1S/C16H17NO4S/c1-4-21-16(19)12-9-10(2)22-15(12)17-14(18)11-7-5-6-8-13(11)20-3/h5-9H,4H2,1-3H3,(H,17,18). The molecule has 0 saturated heterocycles. The van der Waals surface area contributed by atoms with E-state index in [4.69, 9.17) is 9.47 Å². The molecule has 2 rings (SSSR count). The minimum atomic E-state index is -0.442. The van der Waals surface area contributed by atoms with Gasteiger partial charge in [0.25, 0.3) is 5.91 Å². The van der Waals surface area contributed by atoms with Gasteiger partial charge in [0.05, 0.1) is 24.8 Å². The van der Waals surface area contributed by atoms with E-state index in [-0.39, 0.29) is 12.5 Å². The Balaban J connectivity index is 2.27. The van der Waals surface area contributed by atoms with Crippen molar-refractivity contribution >= 4 is 28.2 Å². The molecule has 0 atom stereocenters. The summed E-state index contributed by atoms with van der Waals surface area (Å²) in [6.07, 6.45) is 0. The van der Waals surface area contributed by atoms with Gasteiger partial charge in [-0.25, -0.2) is 4.79 Å². The van der Waals surface area contributed by atoms with Gasteiger partial charge in [-0.2, -0.15) is 0 Å². The number of benzene rings is 1. The van der Waals surface area contributed by atoms with Gasteiger partial charge in [-0.15, -0.1) is 11.3 Å². The monoisotopic (exact) mass is 319 g/mol. The molecule has 5 nitrogen and oxygen atoms in total. The van der Waals surface area contributed by atoms with Gasteiger partial charge in [-0.05, 0) is 32.0 Å². The van der Waals surface area contributed by atoms with E-state index in [0.717, 1.165) is 4.88 Å². The van der Waals surface area contributed by atoms with Crippen LogP contribution in [0.4, 0.5) is 5.00 Å². The highest BCUT2D eigenvalue weighted by Gasteiger charge is 2.19. The van der Waals surface area contributed by atoms with Gasteiger partial charge in [0, 0.05) is 4.88 Å². The van der Waals surface area contributed by atoms with Crippen molar-refractivity contribution in [1.29, 1.82) is 0 Å². The molecule has 0 saturated carbocycles. The number of nitrogens with one attached hydrogen (secondary N) is 1. The third-order valence-corrected chi connectivity index (χ3v) is 3.90. The summed E-state index contributed by atoms with van der Waals surface area (Å²) < 4.78 is 10.2. The summed E-state index contributed by atoms with van der Waals surface area (Å²) in [4.78, 5) is 25.2. The van der Waals surface area contributed by atoms with Crippen LogP contribution in [0.15, 0.2) is 30.3 Å². The number of ether oxygens (including phenoxy) is 2. The third-order valence-electron chi connectivity index (χ3n) is 2.93. The molecule has 0 spiro atoms. The zero-order chi connectivity index (χ0) is 16.1. The molecule has 6 heteroatoms. The lowest BCUT2D eigenvalue weighted by Crippen LogP contribution is -2.15. The molecule has 0 fully saturated rings. The van der Waals surface area contributed by atoms with Gasteiger partial charge in [-0.3, -0.25) is 4.79 Å². The number of hydrogen-bond acceptors (Lipinski definition) is 5. The van der Waals surface area contributed by atoms with E-state index in [9.17, 15) is 9.59 Å². The first kappa shape index (κ1) is 16.0. The summed E-state index contributed by atoms with van der Waals surface area (Å²) in [5.41, 5.74) is 0.776. The van der Waals surface area contributed by atoms with E-state index in [1.165, 1.54) is 18.4 Å². The van der Waals surface area contributed by atoms with Gasteiger partial charge in [0.1, 0.15) is 10.8 Å². The molecule has 0 bridgehead atoms. The maximum atomic E-state index is 12.4. The SMILES string of the molecule is CCOC(=O)c1cc(C)sc1NC(=O)c1ccccc1OC. The van der Waals surface area contributed by atoms with Crippen LogP contribution in [0.2, 0.25) is 0 Å². The van der Waals surface area contributed by atoms with Crippen LogP contribution in [0.3, 0.4) is 0 Å². The van der Waals surface area contributed by atoms with E-state index in [2.05, 4.69) is 5.32 Å². The van der Waals surface area contributed by atoms with Crippen LogP contribution < -0.4 is 10.1 Å². The van der Waals surface area contributed by atoms with E-state index < -0.39 is 5.97 Å². The minimum Gasteiger partial charge on any atom is -0.496 e.